The SMILES string of the molecule is CO[C@H]1C[C@@H]2CC[C@@H](C)[C@@](O)(O2)C(=O)C(=O)N2CCCC[C@H]2C(=O)O[C@H]([C@H](C)C[C@@H]2CC[C@H](n3cc(COC(=O)CCCOCCOCCOCCC(=O)NCCOCCOCCC(=O)NCCCCn4nc(-c5cc6cc(O)ccc6[nH]5)c5c(N)ncnc54)nn3)[C@H](OC)C2)C[C@@H](OC)[C@H](C)/C=C(\C)[C@@H](O)[C@@H](OC)C(=O)[C@H](C)C[C@H](C)/C=C/C=C/C=C/1C. The molecule has 3 aliphatic heterocycles. The molecule has 124 heavy (non-hydrogen) atoms. The smallest absolute Gasteiger partial charge is 0.329 e. The fraction of sp³-hybridized carbons (Fsp3) is 0.667. The highest BCUT2D eigenvalue weighted by molar-refractivity contribution is 6.39. The number of amides is 3. The van der Waals surface area contributed by atoms with Gasteiger partial charge in [-0.15, -0.1) is 5.10 Å². The maximum absolute atomic E-state index is 15.0. The average molecular weight is 1740 g/mol. The molecule has 0 spiro atoms. The predicted octanol–water partition coefficient (Wildman–Crippen LogP) is 9.07. The Morgan fingerprint density at radius 3 is 2.17 bits per heavy atom. The Balaban J connectivity index is 0.639. The van der Waals surface area contributed by atoms with Gasteiger partial charge in [-0.2, -0.15) is 5.10 Å². The highest BCUT2D eigenvalue weighted by Crippen LogP contribution is 2.41. The number of Topliss-reactive ketones (excluding diaryl/α,β-unsaturated/α-hetero) is 2. The number of phenols is 1. The molecule has 1 aliphatic carbocycles. The lowest BCUT2D eigenvalue weighted by atomic mass is 9.77. The van der Waals surface area contributed by atoms with Gasteiger partial charge in [0.2, 0.25) is 17.6 Å². The summed E-state index contributed by atoms with van der Waals surface area (Å²) in [4.78, 5) is 109. The molecule has 2 bridgehead atoms. The topological polar surface area (TPSA) is 434 Å². The van der Waals surface area contributed by atoms with E-state index >= 15 is 0 Å². The van der Waals surface area contributed by atoms with Crippen molar-refractivity contribution in [1.29, 1.82) is 0 Å². The van der Waals surface area contributed by atoms with E-state index in [-0.39, 0.29) is 118 Å². The van der Waals surface area contributed by atoms with Crippen molar-refractivity contribution in [3.05, 3.63) is 90.1 Å². The number of carbonyl (C=O) groups excluding carboxylic acids is 7. The number of nitrogens with one attached hydrogen (secondary N) is 3. The van der Waals surface area contributed by atoms with Gasteiger partial charge in [-0.05, 0) is 150 Å². The lowest BCUT2D eigenvalue weighted by Gasteiger charge is -2.43. The molecule has 1 saturated carbocycles. The number of cyclic esters (lactones) is 1. The number of aromatic amines is 1. The summed E-state index contributed by atoms with van der Waals surface area (Å²) in [6.07, 6.45) is 17.8. The Hall–Kier alpha value is -8.78. The minimum absolute atomic E-state index is 0.00752. The molecule has 8 N–H and O–H groups in total. The van der Waals surface area contributed by atoms with Crippen molar-refractivity contribution in [3.8, 4) is 17.1 Å². The number of ketones is 2. The number of anilines is 1. The molecule has 7 heterocycles. The third kappa shape index (κ3) is 29.1. The predicted molar refractivity (Wildman–Crippen MR) is 460 cm³/mol. The van der Waals surface area contributed by atoms with Crippen LogP contribution in [0.1, 0.15) is 176 Å². The summed E-state index contributed by atoms with van der Waals surface area (Å²) in [5.41, 5.74) is 10.9. The van der Waals surface area contributed by atoms with Crippen LogP contribution in [-0.4, -0.2) is 270 Å². The van der Waals surface area contributed by atoms with Crippen LogP contribution in [0.3, 0.4) is 0 Å². The van der Waals surface area contributed by atoms with E-state index in [0.717, 1.165) is 35.0 Å². The molecular formula is C90H134N12O22. The number of methoxy groups -OCH3 is 4. The molecule has 3 amide bonds. The number of rotatable bonds is 38. The summed E-state index contributed by atoms with van der Waals surface area (Å²) in [6.45, 7) is 17.5. The number of aromatic nitrogens is 8. The Morgan fingerprint density at radius 1 is 0.742 bits per heavy atom. The number of aliphatic hydroxyl groups excluding tert-OH is 1. The summed E-state index contributed by atoms with van der Waals surface area (Å²) in [5.74, 6) is -7.49. The number of piperidine rings is 1. The second kappa shape index (κ2) is 50.5. The highest BCUT2D eigenvalue weighted by atomic mass is 16.6. The van der Waals surface area contributed by atoms with Gasteiger partial charge in [-0.3, -0.25) is 28.8 Å². The van der Waals surface area contributed by atoms with E-state index in [0.29, 0.717) is 177 Å². The number of nitrogens with two attached hydrogens (primary N) is 1. The molecule has 1 aromatic carbocycles. The second-order valence-corrected chi connectivity index (χ2v) is 33.4. The fourth-order valence-corrected chi connectivity index (χ4v) is 16.8. The van der Waals surface area contributed by atoms with Crippen LogP contribution in [0.25, 0.3) is 33.3 Å². The molecule has 4 aliphatic rings. The van der Waals surface area contributed by atoms with Crippen molar-refractivity contribution in [3.63, 3.8) is 0 Å². The highest BCUT2D eigenvalue weighted by Gasteiger charge is 2.53. The number of H-pyrrole nitrogens is 1. The van der Waals surface area contributed by atoms with E-state index in [1.165, 1.54) is 18.3 Å². The van der Waals surface area contributed by atoms with Gasteiger partial charge >= 0.3 is 11.9 Å². The van der Waals surface area contributed by atoms with Crippen molar-refractivity contribution < 1.29 is 106 Å². The van der Waals surface area contributed by atoms with E-state index in [1.54, 1.807) is 68.9 Å². The first-order chi connectivity index (χ1) is 59.7. The molecule has 9 rings (SSSR count). The lowest BCUT2D eigenvalue weighted by molar-refractivity contribution is -0.265. The second-order valence-electron chi connectivity index (χ2n) is 33.4. The molecule has 686 valence electrons. The molecule has 16 atom stereocenters. The summed E-state index contributed by atoms with van der Waals surface area (Å²) in [6, 6.07) is 5.65. The van der Waals surface area contributed by atoms with Gasteiger partial charge in [0.25, 0.3) is 11.7 Å². The standard InChI is InChI=1S/C90H134N12O22/c1-57-20-13-12-14-21-58(2)73(113-8)52-68-27-24-63(7)90(112,124-68)85(109)88(110)100-34-17-15-22-72(100)89(111)123-75(53-74(114-9)59(3)47-62(6)83(108)84(116-11)82(107)61(5)46-57)60(4)48-64-25-29-71(76(49-64)115-10)102-54-66(97-99-102)55-122-79(106)23-19-36-117-40-44-121-45-42-119-38-31-78(105)93-33-39-120-43-41-118-37-30-77(104)92-32-16-18-35-101-87-80(86(91)94-56-95-87)81(98-101)70-51-65-50-67(103)26-28-69(65)96-70/h12-14,20-21,26,28,47,50-51,54,56-57,59-61,63-64,68,71-76,83-84,96,103,108,112H,15-19,22-25,27,29-46,48-49,52-53,55H2,1-11H3,(H,92,104)(H,93,105)(H2,91,94,95)/b14-12+,20-13+,58-21+,62-47+/t57-,59-,60-,61-,63-,64+,68+,71+,72+,73+,74-,75+,76-,83-,84+,90-/m1/s1. The number of phenolic OH excluding ortho intramolecular Hbond substituents is 1. The molecule has 2 saturated heterocycles. The Kier molecular flexibility index (Phi) is 40.3. The van der Waals surface area contributed by atoms with Crippen molar-refractivity contribution in [1.82, 2.24) is 55.3 Å². The van der Waals surface area contributed by atoms with Gasteiger partial charge in [0.1, 0.15) is 60.2 Å². The van der Waals surface area contributed by atoms with Gasteiger partial charge in [0, 0.05) is 122 Å². The number of carbonyl (C=O) groups is 7. The van der Waals surface area contributed by atoms with Gasteiger partial charge in [0.05, 0.1) is 107 Å². The number of hydrogen-bond acceptors (Lipinski definition) is 28. The summed E-state index contributed by atoms with van der Waals surface area (Å²) in [5, 5.41) is 54.7. The first kappa shape index (κ1) is 99.0. The number of nitrogens with zero attached hydrogens (tertiary/aromatic N) is 8. The molecule has 3 fully saturated rings. The van der Waals surface area contributed by atoms with Gasteiger partial charge in [-0.25, -0.2) is 24.1 Å². The zero-order valence-corrected chi connectivity index (χ0v) is 74.2. The van der Waals surface area contributed by atoms with Crippen LogP contribution >= 0.6 is 0 Å². The third-order valence-electron chi connectivity index (χ3n) is 24.1. The number of ether oxygens (including phenoxy) is 12. The fourth-order valence-electron chi connectivity index (χ4n) is 16.8. The van der Waals surface area contributed by atoms with E-state index in [4.69, 9.17) is 67.7 Å². The number of unbranched alkanes of at least 4 members (excludes halogenated alkanes) is 1. The first-order valence-electron chi connectivity index (χ1n) is 44.0. The zero-order chi connectivity index (χ0) is 89.2. The maximum Gasteiger partial charge on any atom is 0.329 e. The van der Waals surface area contributed by atoms with E-state index in [2.05, 4.69) is 35.9 Å². The number of aryl methyl sites for hydroxylation is 1. The largest absolute Gasteiger partial charge is 0.508 e. The van der Waals surface area contributed by atoms with Gasteiger partial charge < -0.3 is 98.4 Å². The zero-order valence-electron chi connectivity index (χ0n) is 74.2. The van der Waals surface area contributed by atoms with Crippen molar-refractivity contribution in [2.24, 2.45) is 35.5 Å². The maximum atomic E-state index is 15.0. The number of allylic oxidation sites excluding steroid dienone is 5. The van der Waals surface area contributed by atoms with E-state index in [1.807, 2.05) is 77.1 Å². The van der Waals surface area contributed by atoms with Crippen LogP contribution in [0.5, 0.6) is 5.75 Å². The molecular weight excluding hydrogens is 1600 g/mol. The minimum Gasteiger partial charge on any atom is -0.508 e. The van der Waals surface area contributed by atoms with Crippen LogP contribution in [-0.2, 0) is 104 Å². The lowest BCUT2D eigenvalue weighted by Crippen LogP contribution is -2.61. The number of hydrogen-bond donors (Lipinski definition) is 7. The number of benzene rings is 1. The van der Waals surface area contributed by atoms with Crippen LogP contribution in [0, 0.1) is 35.5 Å². The average Bonchev–Trinajstić information content (AvgIpc) is 1.55. The molecule has 0 unspecified atom stereocenters. The van der Waals surface area contributed by atoms with Gasteiger partial charge in [0.15, 0.2) is 11.4 Å². The Morgan fingerprint density at radius 2 is 1.45 bits per heavy atom. The van der Waals surface area contributed by atoms with Crippen LogP contribution < -0.4 is 16.4 Å². The number of nitrogen functional groups attached to an aromatic ring is 1. The first-order valence-corrected chi connectivity index (χ1v) is 44.0. The van der Waals surface area contributed by atoms with Crippen LogP contribution in [0.2, 0.25) is 0 Å². The van der Waals surface area contributed by atoms with Crippen LogP contribution in [0.15, 0.2) is 84.4 Å². The Bertz CT molecular complexity index is 4350. The molecule has 5 aromatic rings. The number of aromatic hydroxyl groups is 1. The van der Waals surface area contributed by atoms with E-state index in [9.17, 15) is 48.9 Å². The molecule has 34 heteroatoms. The van der Waals surface area contributed by atoms with Crippen molar-refractivity contribution in [2.45, 2.75) is 238 Å². The number of fused-ring (bicyclic) bond motifs is 5. The Labute approximate surface area is 727 Å². The normalized spacial score (nSPS) is 27.3. The minimum atomic E-state index is -2.46. The van der Waals surface area contributed by atoms with E-state index < -0.39 is 83.9 Å². The monoisotopic (exact) mass is 1730 g/mol. The van der Waals surface area contributed by atoms with Crippen molar-refractivity contribution in [2.75, 3.05) is 120 Å². The molecule has 34 nitrogen and oxygen atoms in total. The summed E-state index contributed by atoms with van der Waals surface area (Å²) >= 11 is 0. The van der Waals surface area contributed by atoms with Gasteiger partial charge in [-0.1, -0.05) is 76.3 Å². The third-order valence-corrected chi connectivity index (χ3v) is 24.1. The van der Waals surface area contributed by atoms with Crippen molar-refractivity contribution >= 4 is 69.0 Å². The number of esters is 2. The quantitative estimate of drug-likeness (QED) is 0.00838. The summed E-state index contributed by atoms with van der Waals surface area (Å²) in [7, 11) is 6.23. The number of aliphatic hydroxyl groups is 2. The van der Waals surface area contributed by atoms with Crippen LogP contribution in [0.4, 0.5) is 5.82 Å². The molecule has 0 radical (unpaired) electrons. The summed E-state index contributed by atoms with van der Waals surface area (Å²) < 4.78 is 74.0. The molecule has 4 aromatic heterocycles.